The highest BCUT2D eigenvalue weighted by atomic mass is 35.5. The Balaban J connectivity index is 0.00000484. The normalized spacial score (nSPS) is 13.0. The zero-order valence-corrected chi connectivity index (χ0v) is 13.9. The Morgan fingerprint density at radius 3 is 2.52 bits per heavy atom. The lowest BCUT2D eigenvalue weighted by atomic mass is 10.1. The molecule has 23 heavy (non-hydrogen) atoms. The number of amides is 2. The van der Waals surface area contributed by atoms with Gasteiger partial charge in [-0.05, 0) is 23.6 Å². The van der Waals surface area contributed by atoms with E-state index in [0.717, 1.165) is 0 Å². The average molecular weight is 348 g/mol. The average Bonchev–Trinajstić information content (AvgIpc) is 2.49. The van der Waals surface area contributed by atoms with E-state index in [9.17, 15) is 19.1 Å². The largest absolute Gasteiger partial charge is 0.387 e. The summed E-state index contributed by atoms with van der Waals surface area (Å²) in [7, 11) is 0. The number of carbonyl (C=O) groups excluding carboxylic acids is 2. The molecule has 5 N–H and O–H groups in total. The number of aliphatic hydroxyl groups excluding tert-OH is 1. The van der Waals surface area contributed by atoms with Crippen LogP contribution in [0.3, 0.4) is 0 Å². The summed E-state index contributed by atoms with van der Waals surface area (Å²) in [6.07, 6.45) is -1.02. The molecule has 1 rings (SSSR count). The molecule has 2 amide bonds. The first-order valence-electron chi connectivity index (χ1n) is 7.04. The second kappa shape index (κ2) is 10.1. The van der Waals surface area contributed by atoms with E-state index in [1.54, 1.807) is 19.9 Å². The number of hydrogen-bond donors (Lipinski definition) is 4. The molecule has 1 aromatic rings. The van der Waals surface area contributed by atoms with Gasteiger partial charge < -0.3 is 21.5 Å². The van der Waals surface area contributed by atoms with Crippen LogP contribution in [0.1, 0.15) is 25.5 Å². The Morgan fingerprint density at radius 2 is 1.96 bits per heavy atom. The molecule has 0 aliphatic heterocycles. The van der Waals surface area contributed by atoms with E-state index in [0.29, 0.717) is 5.56 Å². The molecule has 8 heteroatoms. The number of aliphatic hydroxyl groups is 1. The van der Waals surface area contributed by atoms with Gasteiger partial charge in [-0.3, -0.25) is 9.59 Å². The number of rotatable bonds is 7. The lowest BCUT2D eigenvalue weighted by Gasteiger charge is -2.16. The maximum absolute atomic E-state index is 13.0. The summed E-state index contributed by atoms with van der Waals surface area (Å²) in [6.45, 7) is 3.31. The minimum Gasteiger partial charge on any atom is -0.387 e. The van der Waals surface area contributed by atoms with E-state index in [2.05, 4.69) is 10.6 Å². The lowest BCUT2D eigenvalue weighted by Crippen LogP contribution is -2.47. The molecule has 0 saturated carbocycles. The molecule has 1 unspecified atom stereocenters. The second-order valence-corrected chi connectivity index (χ2v) is 5.36. The van der Waals surface area contributed by atoms with Crippen molar-refractivity contribution in [3.8, 4) is 0 Å². The van der Waals surface area contributed by atoms with Crippen molar-refractivity contribution in [3.05, 3.63) is 35.6 Å². The number of benzene rings is 1. The molecule has 0 bridgehead atoms. The van der Waals surface area contributed by atoms with Crippen LogP contribution in [0, 0.1) is 11.7 Å². The predicted octanol–water partition coefficient (Wildman–Crippen LogP) is 0.497. The van der Waals surface area contributed by atoms with Crippen molar-refractivity contribution in [2.24, 2.45) is 11.7 Å². The molecule has 0 saturated heterocycles. The zero-order chi connectivity index (χ0) is 16.7. The lowest BCUT2D eigenvalue weighted by molar-refractivity contribution is -0.127. The highest BCUT2D eigenvalue weighted by Gasteiger charge is 2.17. The summed E-state index contributed by atoms with van der Waals surface area (Å²) >= 11 is 0. The summed E-state index contributed by atoms with van der Waals surface area (Å²) in [6, 6.07) is 4.82. The van der Waals surface area contributed by atoms with Crippen molar-refractivity contribution in [1.82, 2.24) is 10.6 Å². The first-order valence-corrected chi connectivity index (χ1v) is 7.04. The molecular weight excluding hydrogens is 325 g/mol. The molecule has 1 aromatic carbocycles. The Kier molecular flexibility index (Phi) is 9.40. The summed E-state index contributed by atoms with van der Waals surface area (Å²) in [5, 5.41) is 14.7. The van der Waals surface area contributed by atoms with Gasteiger partial charge in [-0.2, -0.15) is 0 Å². The van der Waals surface area contributed by atoms with Crippen LogP contribution in [0.4, 0.5) is 4.39 Å². The number of hydrogen-bond acceptors (Lipinski definition) is 4. The van der Waals surface area contributed by atoms with Crippen LogP contribution in [0.5, 0.6) is 0 Å². The van der Waals surface area contributed by atoms with E-state index in [4.69, 9.17) is 5.73 Å². The molecule has 0 aliphatic carbocycles. The van der Waals surface area contributed by atoms with Gasteiger partial charge in [-0.15, -0.1) is 12.4 Å². The summed E-state index contributed by atoms with van der Waals surface area (Å²) in [5.74, 6) is -1.36. The third kappa shape index (κ3) is 7.40. The van der Waals surface area contributed by atoms with E-state index in [1.165, 1.54) is 18.2 Å². The topological polar surface area (TPSA) is 104 Å². The summed E-state index contributed by atoms with van der Waals surface area (Å²) in [5.41, 5.74) is 6.01. The molecule has 2 atom stereocenters. The molecule has 0 aliphatic rings. The molecule has 0 spiro atoms. The maximum Gasteiger partial charge on any atom is 0.239 e. The van der Waals surface area contributed by atoms with E-state index in [-0.39, 0.29) is 31.4 Å². The molecule has 0 aromatic heterocycles. The number of halogens is 2. The number of nitrogens with one attached hydrogen (secondary N) is 2. The van der Waals surface area contributed by atoms with Gasteiger partial charge in [-0.25, -0.2) is 4.39 Å². The van der Waals surface area contributed by atoms with Crippen LogP contribution in [-0.2, 0) is 9.59 Å². The highest BCUT2D eigenvalue weighted by molar-refractivity contribution is 5.87. The zero-order valence-electron chi connectivity index (χ0n) is 13.1. The fraction of sp³-hybridized carbons (Fsp3) is 0.467. The summed E-state index contributed by atoms with van der Waals surface area (Å²) in [4.78, 5) is 23.2. The smallest absolute Gasteiger partial charge is 0.239 e. The van der Waals surface area contributed by atoms with Crippen molar-refractivity contribution in [2.75, 3.05) is 13.1 Å². The van der Waals surface area contributed by atoms with Gasteiger partial charge in [0.2, 0.25) is 11.8 Å². The van der Waals surface area contributed by atoms with Crippen LogP contribution in [0.2, 0.25) is 0 Å². The van der Waals surface area contributed by atoms with Crippen molar-refractivity contribution in [1.29, 1.82) is 0 Å². The van der Waals surface area contributed by atoms with Gasteiger partial charge in [0.25, 0.3) is 0 Å². The molecule has 0 radical (unpaired) electrons. The second-order valence-electron chi connectivity index (χ2n) is 5.36. The Morgan fingerprint density at radius 1 is 1.30 bits per heavy atom. The van der Waals surface area contributed by atoms with E-state index >= 15 is 0 Å². The molecule has 130 valence electrons. The third-order valence-corrected chi connectivity index (χ3v) is 3.17. The van der Waals surface area contributed by atoms with Crippen molar-refractivity contribution in [3.63, 3.8) is 0 Å². The van der Waals surface area contributed by atoms with Crippen LogP contribution >= 0.6 is 12.4 Å². The first kappa shape index (κ1) is 21.3. The third-order valence-electron chi connectivity index (χ3n) is 3.17. The molecule has 6 nitrogen and oxygen atoms in total. The highest BCUT2D eigenvalue weighted by Crippen LogP contribution is 2.12. The van der Waals surface area contributed by atoms with Crippen molar-refractivity contribution >= 4 is 24.2 Å². The van der Waals surface area contributed by atoms with Gasteiger partial charge >= 0.3 is 0 Å². The first-order chi connectivity index (χ1) is 10.3. The van der Waals surface area contributed by atoms with Crippen LogP contribution in [-0.4, -0.2) is 36.1 Å². The fourth-order valence-corrected chi connectivity index (χ4v) is 1.69. The quantitative estimate of drug-likeness (QED) is 0.576. The monoisotopic (exact) mass is 347 g/mol. The van der Waals surface area contributed by atoms with Gasteiger partial charge in [0.05, 0.1) is 18.7 Å². The van der Waals surface area contributed by atoms with Crippen LogP contribution in [0.25, 0.3) is 0 Å². The van der Waals surface area contributed by atoms with Crippen molar-refractivity contribution in [2.45, 2.75) is 26.0 Å². The summed E-state index contributed by atoms with van der Waals surface area (Å²) < 4.78 is 13.0. The van der Waals surface area contributed by atoms with Crippen LogP contribution < -0.4 is 16.4 Å². The Hall–Kier alpha value is -1.70. The number of nitrogens with two attached hydrogens (primary N) is 1. The minimum absolute atomic E-state index is 0. The van der Waals surface area contributed by atoms with Crippen LogP contribution in [0.15, 0.2) is 24.3 Å². The molecule has 0 heterocycles. The minimum atomic E-state index is -1.02. The van der Waals surface area contributed by atoms with E-state index < -0.39 is 29.8 Å². The van der Waals surface area contributed by atoms with Gasteiger partial charge in [-0.1, -0.05) is 26.0 Å². The molecule has 0 fully saturated rings. The standard InChI is InChI=1S/C15H22FN3O3.ClH/c1-9(2)14(17)15(22)19-8-13(21)18-7-12(20)10-4-3-5-11(16)6-10;/h3-6,9,12,14,20H,7-8,17H2,1-2H3,(H,18,21)(H,19,22);1H/t12?,14-;/m0./s1. The number of carbonyl (C=O) groups is 2. The van der Waals surface area contributed by atoms with Gasteiger partial charge in [0, 0.05) is 6.54 Å². The predicted molar refractivity (Wildman–Crippen MR) is 87.4 cm³/mol. The SMILES string of the molecule is CC(C)[C@H](N)C(=O)NCC(=O)NCC(O)c1cccc(F)c1.Cl. The molecular formula is C15H23ClFN3O3. The Labute approximate surface area is 141 Å². The Bertz CT molecular complexity index is 528. The van der Waals surface area contributed by atoms with Crippen molar-refractivity contribution < 1.29 is 19.1 Å². The van der Waals surface area contributed by atoms with Gasteiger partial charge in [0.1, 0.15) is 5.82 Å². The maximum atomic E-state index is 13.0. The van der Waals surface area contributed by atoms with E-state index in [1.807, 2.05) is 0 Å². The fourth-order valence-electron chi connectivity index (χ4n) is 1.69. The van der Waals surface area contributed by atoms with Gasteiger partial charge in [0.15, 0.2) is 0 Å².